The predicted octanol–water partition coefficient (Wildman–Crippen LogP) is 0.760. The van der Waals surface area contributed by atoms with Crippen LogP contribution >= 0.6 is 0 Å². The second kappa shape index (κ2) is 4.35. The molecule has 6 heteroatoms. The number of hydrogen-bond donors (Lipinski definition) is 1. The average molecular weight is 216 g/mol. The van der Waals surface area contributed by atoms with Crippen molar-refractivity contribution in [2.75, 3.05) is 0 Å². The number of rotatable bonds is 3. The fourth-order valence-electron chi connectivity index (χ4n) is 1.11. The molecule has 0 fully saturated rings. The second-order valence-corrected chi connectivity index (χ2v) is 2.94. The number of tetrazole rings is 1. The van der Waals surface area contributed by atoms with E-state index in [2.05, 4.69) is 15.4 Å². The van der Waals surface area contributed by atoms with Crippen LogP contribution < -0.4 is 0 Å². The smallest absolute Gasteiger partial charge is 0.328 e. The molecule has 2 rings (SSSR count). The lowest BCUT2D eigenvalue weighted by Gasteiger charge is -1.94. The van der Waals surface area contributed by atoms with Gasteiger partial charge in [-0.3, -0.25) is 0 Å². The van der Waals surface area contributed by atoms with Gasteiger partial charge in [-0.05, 0) is 23.4 Å². The Kier molecular flexibility index (Phi) is 2.73. The molecule has 1 N–H and O–H groups in total. The van der Waals surface area contributed by atoms with Crippen LogP contribution in [-0.2, 0) is 4.79 Å². The van der Waals surface area contributed by atoms with Crippen LogP contribution in [0.3, 0.4) is 0 Å². The van der Waals surface area contributed by atoms with E-state index in [0.29, 0.717) is 0 Å². The van der Waals surface area contributed by atoms with Gasteiger partial charge in [-0.2, -0.15) is 0 Å². The SMILES string of the molecule is O=C(O)/C=C/c1nnn(-c2ccccc2)n1. The first-order valence-electron chi connectivity index (χ1n) is 4.52. The standard InChI is InChI=1S/C10H8N4O2/c15-10(16)7-6-9-11-13-14(12-9)8-4-2-1-3-5-8/h1-7H,(H,15,16)/b7-6+. The van der Waals surface area contributed by atoms with Gasteiger partial charge in [0, 0.05) is 6.08 Å². The normalized spacial score (nSPS) is 10.8. The van der Waals surface area contributed by atoms with Crippen molar-refractivity contribution in [1.82, 2.24) is 20.2 Å². The first kappa shape index (κ1) is 10.0. The summed E-state index contributed by atoms with van der Waals surface area (Å²) in [6, 6.07) is 9.24. The Morgan fingerprint density at radius 1 is 1.31 bits per heavy atom. The molecule has 2 aromatic rings. The third-order valence-electron chi connectivity index (χ3n) is 1.79. The fraction of sp³-hybridized carbons (Fsp3) is 0. The highest BCUT2D eigenvalue weighted by Crippen LogP contribution is 2.03. The third-order valence-corrected chi connectivity index (χ3v) is 1.79. The molecule has 0 amide bonds. The predicted molar refractivity (Wildman–Crippen MR) is 55.8 cm³/mol. The molecule has 1 aromatic carbocycles. The maximum Gasteiger partial charge on any atom is 0.328 e. The summed E-state index contributed by atoms with van der Waals surface area (Å²) in [5, 5.41) is 19.9. The summed E-state index contributed by atoms with van der Waals surface area (Å²) >= 11 is 0. The molecule has 16 heavy (non-hydrogen) atoms. The first-order valence-corrected chi connectivity index (χ1v) is 4.52. The van der Waals surface area contributed by atoms with Crippen molar-refractivity contribution in [1.29, 1.82) is 0 Å². The Hall–Kier alpha value is -2.50. The number of aliphatic carboxylic acids is 1. The van der Waals surface area contributed by atoms with Crippen LogP contribution in [0.25, 0.3) is 11.8 Å². The maximum atomic E-state index is 10.3. The molecule has 80 valence electrons. The van der Waals surface area contributed by atoms with Crippen molar-refractivity contribution in [3.8, 4) is 5.69 Å². The van der Waals surface area contributed by atoms with Gasteiger partial charge < -0.3 is 5.11 Å². The van der Waals surface area contributed by atoms with Gasteiger partial charge in [0.1, 0.15) is 0 Å². The van der Waals surface area contributed by atoms with E-state index in [9.17, 15) is 4.79 Å². The summed E-state index contributed by atoms with van der Waals surface area (Å²) in [6.07, 6.45) is 2.25. The molecular formula is C10H8N4O2. The summed E-state index contributed by atoms with van der Waals surface area (Å²) in [4.78, 5) is 11.6. The van der Waals surface area contributed by atoms with Gasteiger partial charge in [0.15, 0.2) is 5.82 Å². The molecule has 0 bridgehead atoms. The van der Waals surface area contributed by atoms with Crippen LogP contribution in [0.1, 0.15) is 5.82 Å². The summed E-state index contributed by atoms with van der Waals surface area (Å²) in [5.74, 6) is -0.790. The number of carbonyl (C=O) groups is 1. The summed E-state index contributed by atoms with van der Waals surface area (Å²) in [6.45, 7) is 0. The lowest BCUT2D eigenvalue weighted by molar-refractivity contribution is -0.131. The number of hydrogen-bond acceptors (Lipinski definition) is 4. The summed E-state index contributed by atoms with van der Waals surface area (Å²) in [7, 11) is 0. The maximum absolute atomic E-state index is 10.3. The molecule has 1 heterocycles. The molecular weight excluding hydrogens is 208 g/mol. The van der Waals surface area contributed by atoms with Gasteiger partial charge in [0.25, 0.3) is 0 Å². The average Bonchev–Trinajstić information content (AvgIpc) is 2.76. The highest BCUT2D eigenvalue weighted by atomic mass is 16.4. The van der Waals surface area contributed by atoms with E-state index >= 15 is 0 Å². The molecule has 0 aliphatic carbocycles. The lowest BCUT2D eigenvalue weighted by atomic mass is 10.3. The van der Waals surface area contributed by atoms with Crippen molar-refractivity contribution in [3.63, 3.8) is 0 Å². The van der Waals surface area contributed by atoms with E-state index < -0.39 is 5.97 Å². The van der Waals surface area contributed by atoms with Crippen LogP contribution in [0.15, 0.2) is 36.4 Å². The van der Waals surface area contributed by atoms with Gasteiger partial charge in [-0.1, -0.05) is 18.2 Å². The molecule has 0 unspecified atom stereocenters. The minimum absolute atomic E-state index is 0.256. The monoisotopic (exact) mass is 216 g/mol. The van der Waals surface area contributed by atoms with Gasteiger partial charge in [0.2, 0.25) is 0 Å². The number of benzene rings is 1. The summed E-state index contributed by atoms with van der Waals surface area (Å²) in [5.41, 5.74) is 0.768. The van der Waals surface area contributed by atoms with Crippen molar-refractivity contribution in [3.05, 3.63) is 42.2 Å². The Bertz CT molecular complexity index is 519. The lowest BCUT2D eigenvalue weighted by Crippen LogP contribution is -1.98. The Balaban J connectivity index is 2.23. The number of para-hydroxylation sites is 1. The number of carboxylic acid groups (broad SMARTS) is 1. The van der Waals surface area contributed by atoms with Gasteiger partial charge >= 0.3 is 5.97 Å². The van der Waals surface area contributed by atoms with Crippen LogP contribution in [0, 0.1) is 0 Å². The van der Waals surface area contributed by atoms with E-state index in [1.54, 1.807) is 0 Å². The van der Waals surface area contributed by atoms with Crippen molar-refractivity contribution in [2.45, 2.75) is 0 Å². The van der Waals surface area contributed by atoms with Gasteiger partial charge in [0.05, 0.1) is 5.69 Å². The fourth-order valence-corrected chi connectivity index (χ4v) is 1.11. The second-order valence-electron chi connectivity index (χ2n) is 2.94. The third kappa shape index (κ3) is 2.30. The number of carboxylic acids is 1. The molecule has 0 radical (unpaired) electrons. The van der Waals surface area contributed by atoms with Crippen molar-refractivity contribution < 1.29 is 9.90 Å². The number of nitrogens with zero attached hydrogens (tertiary/aromatic N) is 4. The molecule has 1 aromatic heterocycles. The quantitative estimate of drug-likeness (QED) is 0.766. The molecule has 0 aliphatic rings. The molecule has 0 atom stereocenters. The number of aromatic nitrogens is 4. The highest BCUT2D eigenvalue weighted by molar-refractivity contribution is 5.84. The van der Waals surface area contributed by atoms with E-state index in [1.165, 1.54) is 10.9 Å². The minimum Gasteiger partial charge on any atom is -0.478 e. The highest BCUT2D eigenvalue weighted by Gasteiger charge is 2.01. The van der Waals surface area contributed by atoms with Gasteiger partial charge in [-0.25, -0.2) is 4.79 Å². The Labute approximate surface area is 90.8 Å². The molecule has 0 spiro atoms. The van der Waals surface area contributed by atoms with Crippen LogP contribution in [0.5, 0.6) is 0 Å². The molecule has 6 nitrogen and oxygen atoms in total. The zero-order valence-electron chi connectivity index (χ0n) is 8.19. The van der Waals surface area contributed by atoms with Gasteiger partial charge in [-0.15, -0.1) is 15.0 Å². The topological polar surface area (TPSA) is 80.9 Å². The van der Waals surface area contributed by atoms with E-state index in [4.69, 9.17) is 5.11 Å². The van der Waals surface area contributed by atoms with E-state index in [0.717, 1.165) is 11.8 Å². The van der Waals surface area contributed by atoms with Crippen LogP contribution in [0.4, 0.5) is 0 Å². The van der Waals surface area contributed by atoms with Crippen LogP contribution in [0.2, 0.25) is 0 Å². The minimum atomic E-state index is -1.05. The zero-order chi connectivity index (χ0) is 11.4. The Morgan fingerprint density at radius 2 is 2.06 bits per heavy atom. The Morgan fingerprint density at radius 3 is 2.75 bits per heavy atom. The largest absolute Gasteiger partial charge is 0.478 e. The summed E-state index contributed by atoms with van der Waals surface area (Å²) < 4.78 is 0. The van der Waals surface area contributed by atoms with Crippen LogP contribution in [-0.4, -0.2) is 31.3 Å². The van der Waals surface area contributed by atoms with E-state index in [-0.39, 0.29) is 5.82 Å². The van der Waals surface area contributed by atoms with Crippen molar-refractivity contribution >= 4 is 12.0 Å². The van der Waals surface area contributed by atoms with Crippen molar-refractivity contribution in [2.24, 2.45) is 0 Å². The first-order chi connectivity index (χ1) is 7.75. The zero-order valence-corrected chi connectivity index (χ0v) is 8.19. The molecule has 0 saturated heterocycles. The molecule has 0 saturated carbocycles. The molecule has 0 aliphatic heterocycles. The van der Waals surface area contributed by atoms with E-state index in [1.807, 2.05) is 30.3 Å².